The Bertz CT molecular complexity index is 396. The van der Waals surface area contributed by atoms with Crippen LogP contribution in [-0.4, -0.2) is 41.7 Å². The van der Waals surface area contributed by atoms with Gasteiger partial charge in [-0.2, -0.15) is 4.98 Å². The molecular weight excluding hydrogens is 222 g/mol. The third-order valence-corrected chi connectivity index (χ3v) is 2.29. The van der Waals surface area contributed by atoms with Gasteiger partial charge in [-0.15, -0.1) is 0 Å². The molecule has 0 radical (unpaired) electrons. The fourth-order valence-electron chi connectivity index (χ4n) is 1.41. The van der Waals surface area contributed by atoms with Crippen molar-refractivity contribution in [2.24, 2.45) is 0 Å². The zero-order valence-electron chi connectivity index (χ0n) is 10.3. The van der Waals surface area contributed by atoms with Crippen molar-refractivity contribution >= 4 is 11.8 Å². The van der Waals surface area contributed by atoms with E-state index in [1.165, 1.54) is 0 Å². The minimum atomic E-state index is -0.783. The fourth-order valence-corrected chi connectivity index (χ4v) is 1.41. The van der Waals surface area contributed by atoms with Crippen LogP contribution in [0.3, 0.4) is 0 Å². The molecule has 1 rings (SSSR count). The lowest BCUT2D eigenvalue weighted by Crippen LogP contribution is -2.21. The van der Waals surface area contributed by atoms with Crippen molar-refractivity contribution in [2.75, 3.05) is 25.6 Å². The molecule has 1 heterocycles. The normalized spacial score (nSPS) is 10.1. The van der Waals surface area contributed by atoms with Crippen molar-refractivity contribution in [1.29, 1.82) is 0 Å². The van der Waals surface area contributed by atoms with Gasteiger partial charge in [-0.3, -0.25) is 4.79 Å². The van der Waals surface area contributed by atoms with Crippen molar-refractivity contribution in [3.05, 3.63) is 11.9 Å². The first kappa shape index (κ1) is 13.2. The van der Waals surface area contributed by atoms with Gasteiger partial charge in [0.1, 0.15) is 11.6 Å². The van der Waals surface area contributed by atoms with Gasteiger partial charge in [-0.25, -0.2) is 4.98 Å². The Balaban J connectivity index is 2.64. The van der Waals surface area contributed by atoms with Gasteiger partial charge in [0.05, 0.1) is 7.11 Å². The Morgan fingerprint density at radius 1 is 1.53 bits per heavy atom. The van der Waals surface area contributed by atoms with E-state index in [-0.39, 0.29) is 6.42 Å². The largest absolute Gasteiger partial charge is 0.481 e. The summed E-state index contributed by atoms with van der Waals surface area (Å²) in [5, 5.41) is 8.56. The number of nitrogens with zero attached hydrogens (tertiary/aromatic N) is 3. The molecule has 0 aliphatic heterocycles. The second-order valence-corrected chi connectivity index (χ2v) is 3.73. The monoisotopic (exact) mass is 239 g/mol. The summed E-state index contributed by atoms with van der Waals surface area (Å²) >= 11 is 0. The Labute approximate surface area is 100 Å². The minimum absolute atomic E-state index is 0.158. The number of methoxy groups -OCH3 is 1. The number of aryl methyl sites for hydroxylation is 1. The topological polar surface area (TPSA) is 75.5 Å². The van der Waals surface area contributed by atoms with E-state index < -0.39 is 5.97 Å². The quantitative estimate of drug-likeness (QED) is 0.801. The highest BCUT2D eigenvalue weighted by Crippen LogP contribution is 2.16. The lowest BCUT2D eigenvalue weighted by atomic mass is 10.3. The summed E-state index contributed by atoms with van der Waals surface area (Å²) in [7, 11) is 3.42. The number of carboxylic acids is 1. The summed E-state index contributed by atoms with van der Waals surface area (Å²) in [6, 6.07) is 1.73. The summed E-state index contributed by atoms with van der Waals surface area (Å²) in [5.74, 6) is 1.09. The SMILES string of the molecule is COc1cc(N(C)CCCC(=O)O)nc(C)n1. The van der Waals surface area contributed by atoms with Crippen LogP contribution in [-0.2, 0) is 4.79 Å². The van der Waals surface area contributed by atoms with Crippen LogP contribution in [0.1, 0.15) is 18.7 Å². The Kier molecular flexibility index (Phi) is 4.68. The first-order valence-electron chi connectivity index (χ1n) is 5.35. The highest BCUT2D eigenvalue weighted by molar-refractivity contribution is 5.66. The molecule has 0 saturated carbocycles. The first-order valence-corrected chi connectivity index (χ1v) is 5.35. The van der Waals surface area contributed by atoms with E-state index in [0.717, 1.165) is 5.82 Å². The van der Waals surface area contributed by atoms with Gasteiger partial charge in [-0.05, 0) is 13.3 Å². The second kappa shape index (κ2) is 6.03. The van der Waals surface area contributed by atoms with E-state index in [2.05, 4.69) is 9.97 Å². The Morgan fingerprint density at radius 3 is 2.82 bits per heavy atom. The zero-order valence-corrected chi connectivity index (χ0v) is 10.3. The van der Waals surface area contributed by atoms with Gasteiger partial charge >= 0.3 is 5.97 Å². The number of rotatable bonds is 6. The van der Waals surface area contributed by atoms with Crippen LogP contribution in [0.4, 0.5) is 5.82 Å². The third-order valence-electron chi connectivity index (χ3n) is 2.29. The molecule has 94 valence electrons. The van der Waals surface area contributed by atoms with Gasteiger partial charge in [0.15, 0.2) is 0 Å². The molecule has 0 fully saturated rings. The van der Waals surface area contributed by atoms with Crippen molar-refractivity contribution in [3.63, 3.8) is 0 Å². The molecule has 0 unspecified atom stereocenters. The average molecular weight is 239 g/mol. The van der Waals surface area contributed by atoms with Crippen LogP contribution >= 0.6 is 0 Å². The molecule has 0 bridgehead atoms. The molecule has 0 aliphatic carbocycles. The standard InChI is InChI=1S/C11H17N3O3/c1-8-12-9(7-10(13-8)17-3)14(2)6-4-5-11(15)16/h7H,4-6H2,1-3H3,(H,15,16). The Hall–Kier alpha value is -1.85. The van der Waals surface area contributed by atoms with E-state index in [4.69, 9.17) is 9.84 Å². The number of carbonyl (C=O) groups is 1. The smallest absolute Gasteiger partial charge is 0.303 e. The zero-order chi connectivity index (χ0) is 12.8. The molecule has 17 heavy (non-hydrogen) atoms. The molecule has 0 spiro atoms. The van der Waals surface area contributed by atoms with Crippen molar-refractivity contribution in [1.82, 2.24) is 9.97 Å². The maximum atomic E-state index is 10.4. The van der Waals surface area contributed by atoms with Crippen LogP contribution in [0.25, 0.3) is 0 Å². The predicted octanol–water partition coefficient (Wildman–Crippen LogP) is 1.09. The van der Waals surface area contributed by atoms with Gasteiger partial charge in [0, 0.05) is 26.1 Å². The number of aliphatic carboxylic acids is 1. The summed E-state index contributed by atoms with van der Waals surface area (Å²) in [6.45, 7) is 2.42. The summed E-state index contributed by atoms with van der Waals surface area (Å²) in [4.78, 5) is 20.7. The number of aromatic nitrogens is 2. The lowest BCUT2D eigenvalue weighted by Gasteiger charge is -2.18. The maximum absolute atomic E-state index is 10.4. The van der Waals surface area contributed by atoms with Crippen LogP contribution < -0.4 is 9.64 Å². The van der Waals surface area contributed by atoms with E-state index in [1.807, 2.05) is 11.9 Å². The summed E-state index contributed by atoms with van der Waals surface area (Å²) < 4.78 is 5.06. The summed E-state index contributed by atoms with van der Waals surface area (Å²) in [5.41, 5.74) is 0. The Morgan fingerprint density at radius 2 is 2.24 bits per heavy atom. The minimum Gasteiger partial charge on any atom is -0.481 e. The summed E-state index contributed by atoms with van der Waals surface area (Å²) in [6.07, 6.45) is 0.739. The molecule has 1 aromatic heterocycles. The van der Waals surface area contributed by atoms with Gasteiger partial charge in [-0.1, -0.05) is 0 Å². The van der Waals surface area contributed by atoms with Gasteiger partial charge in [0.25, 0.3) is 0 Å². The molecule has 1 aromatic rings. The van der Waals surface area contributed by atoms with E-state index in [1.54, 1.807) is 20.1 Å². The highest BCUT2D eigenvalue weighted by atomic mass is 16.5. The maximum Gasteiger partial charge on any atom is 0.303 e. The molecule has 6 nitrogen and oxygen atoms in total. The number of ether oxygens (including phenoxy) is 1. The first-order chi connectivity index (χ1) is 8.02. The molecule has 0 atom stereocenters. The third kappa shape index (κ3) is 4.26. The van der Waals surface area contributed by atoms with Crippen molar-refractivity contribution in [3.8, 4) is 5.88 Å². The van der Waals surface area contributed by atoms with Crippen LogP contribution in [0.2, 0.25) is 0 Å². The highest BCUT2D eigenvalue weighted by Gasteiger charge is 2.07. The van der Waals surface area contributed by atoms with E-state index in [0.29, 0.717) is 24.7 Å². The van der Waals surface area contributed by atoms with Crippen molar-refractivity contribution < 1.29 is 14.6 Å². The fraction of sp³-hybridized carbons (Fsp3) is 0.545. The average Bonchev–Trinajstić information content (AvgIpc) is 2.27. The second-order valence-electron chi connectivity index (χ2n) is 3.73. The number of hydrogen-bond donors (Lipinski definition) is 1. The number of carboxylic acid groups (broad SMARTS) is 1. The van der Waals surface area contributed by atoms with Crippen LogP contribution in [0, 0.1) is 6.92 Å². The molecular formula is C11H17N3O3. The van der Waals surface area contributed by atoms with E-state index in [9.17, 15) is 4.79 Å². The van der Waals surface area contributed by atoms with Gasteiger partial charge < -0.3 is 14.7 Å². The molecule has 0 amide bonds. The molecule has 0 saturated heterocycles. The number of hydrogen-bond acceptors (Lipinski definition) is 5. The lowest BCUT2D eigenvalue weighted by molar-refractivity contribution is -0.137. The van der Waals surface area contributed by atoms with Crippen LogP contribution in [0.15, 0.2) is 6.07 Å². The molecule has 0 aromatic carbocycles. The van der Waals surface area contributed by atoms with E-state index >= 15 is 0 Å². The van der Waals surface area contributed by atoms with Crippen LogP contribution in [0.5, 0.6) is 5.88 Å². The van der Waals surface area contributed by atoms with Gasteiger partial charge in [0.2, 0.25) is 5.88 Å². The molecule has 6 heteroatoms. The predicted molar refractivity (Wildman–Crippen MR) is 63.5 cm³/mol. The van der Waals surface area contributed by atoms with Crippen molar-refractivity contribution in [2.45, 2.75) is 19.8 Å². The number of anilines is 1. The molecule has 0 aliphatic rings. The molecule has 1 N–H and O–H groups in total.